The van der Waals surface area contributed by atoms with Gasteiger partial charge >= 0.3 is 0 Å². The summed E-state index contributed by atoms with van der Waals surface area (Å²) in [5, 5.41) is 1.93. The third kappa shape index (κ3) is 6.90. The standard InChI is InChI=1S/C29H21F4NS/c1-3-4-5-6-21-14-25(30)24(26(31)15-21)12-9-20-7-10-23(19(2)13-20)11-8-22-16-27(32)29(34-18-35)28(33)17-22/h7,10,13-17H,3-6H2,1-2H3. The van der Waals surface area contributed by atoms with Gasteiger partial charge in [-0.2, -0.15) is 4.99 Å². The number of hydrogen-bond donors (Lipinski definition) is 0. The van der Waals surface area contributed by atoms with Gasteiger partial charge in [-0.25, -0.2) is 17.6 Å². The van der Waals surface area contributed by atoms with Crippen molar-refractivity contribution in [1.82, 2.24) is 0 Å². The highest BCUT2D eigenvalue weighted by Gasteiger charge is 2.10. The van der Waals surface area contributed by atoms with Crippen LogP contribution >= 0.6 is 12.2 Å². The van der Waals surface area contributed by atoms with E-state index in [9.17, 15) is 17.6 Å². The Hall–Kier alpha value is -3.70. The average molecular weight is 492 g/mol. The predicted octanol–water partition coefficient (Wildman–Crippen LogP) is 7.82. The van der Waals surface area contributed by atoms with Crippen molar-refractivity contribution in [2.24, 2.45) is 4.99 Å². The molecule has 0 amide bonds. The molecule has 3 rings (SSSR count). The summed E-state index contributed by atoms with van der Waals surface area (Å²) in [5.74, 6) is 7.82. The van der Waals surface area contributed by atoms with Crippen molar-refractivity contribution in [2.75, 3.05) is 0 Å². The lowest BCUT2D eigenvalue weighted by Crippen LogP contribution is -1.95. The van der Waals surface area contributed by atoms with Crippen LogP contribution in [0.15, 0.2) is 47.5 Å². The van der Waals surface area contributed by atoms with Crippen molar-refractivity contribution in [1.29, 1.82) is 0 Å². The fraction of sp³-hybridized carbons (Fsp3) is 0.207. The Balaban J connectivity index is 1.81. The third-order valence-corrected chi connectivity index (χ3v) is 5.34. The lowest BCUT2D eigenvalue weighted by Gasteiger charge is -2.04. The van der Waals surface area contributed by atoms with Crippen LogP contribution in [0.4, 0.5) is 23.2 Å². The molecule has 0 fully saturated rings. The molecule has 3 aromatic rings. The Kier molecular flexibility index (Phi) is 8.98. The minimum absolute atomic E-state index is 0.135. The number of aliphatic imine (C=N–C) groups is 1. The van der Waals surface area contributed by atoms with E-state index in [1.165, 1.54) is 12.1 Å². The molecule has 0 aliphatic rings. The Labute approximate surface area is 207 Å². The van der Waals surface area contributed by atoms with E-state index in [1.807, 2.05) is 5.16 Å². The second kappa shape index (κ2) is 12.1. The molecule has 0 aliphatic heterocycles. The lowest BCUT2D eigenvalue weighted by atomic mass is 10.0. The number of benzene rings is 3. The summed E-state index contributed by atoms with van der Waals surface area (Å²) in [6, 6.07) is 9.89. The van der Waals surface area contributed by atoms with Gasteiger partial charge in [0, 0.05) is 16.7 Å². The molecule has 0 saturated heterocycles. The maximum Gasteiger partial charge on any atom is 0.153 e. The number of rotatable bonds is 5. The van der Waals surface area contributed by atoms with Gasteiger partial charge in [-0.3, -0.25) is 0 Å². The molecule has 0 spiro atoms. The smallest absolute Gasteiger partial charge is 0.153 e. The number of halogens is 4. The second-order valence-electron chi connectivity index (χ2n) is 7.91. The predicted molar refractivity (Wildman–Crippen MR) is 134 cm³/mol. The topological polar surface area (TPSA) is 12.4 Å². The molecule has 0 saturated carbocycles. The zero-order chi connectivity index (χ0) is 25.4. The van der Waals surface area contributed by atoms with Crippen LogP contribution in [0.2, 0.25) is 0 Å². The van der Waals surface area contributed by atoms with Gasteiger partial charge in [0.25, 0.3) is 0 Å². The Morgan fingerprint density at radius 2 is 1.43 bits per heavy atom. The summed E-state index contributed by atoms with van der Waals surface area (Å²) in [4.78, 5) is 3.37. The minimum Gasteiger partial charge on any atom is -0.206 e. The summed E-state index contributed by atoms with van der Waals surface area (Å²) >= 11 is 4.38. The van der Waals surface area contributed by atoms with Crippen LogP contribution in [0.3, 0.4) is 0 Å². The van der Waals surface area contributed by atoms with E-state index in [1.54, 1.807) is 25.1 Å². The lowest BCUT2D eigenvalue weighted by molar-refractivity contribution is 0.572. The molecule has 1 nitrogen and oxygen atoms in total. The SMILES string of the molecule is CCCCCc1cc(F)c(C#Cc2ccc(C#Cc3cc(F)c(N=C=S)c(F)c3)c(C)c2)c(F)c1. The fourth-order valence-electron chi connectivity index (χ4n) is 3.41. The molecule has 0 atom stereocenters. The van der Waals surface area contributed by atoms with Gasteiger partial charge in [0.15, 0.2) is 11.6 Å². The van der Waals surface area contributed by atoms with E-state index in [4.69, 9.17) is 0 Å². The van der Waals surface area contributed by atoms with Crippen LogP contribution in [0.5, 0.6) is 0 Å². The van der Waals surface area contributed by atoms with Crippen molar-refractivity contribution < 1.29 is 17.6 Å². The molecule has 176 valence electrons. The van der Waals surface area contributed by atoms with Crippen molar-refractivity contribution in [3.63, 3.8) is 0 Å². The molecule has 35 heavy (non-hydrogen) atoms. The van der Waals surface area contributed by atoms with Crippen molar-refractivity contribution in [2.45, 2.75) is 39.5 Å². The molecule has 0 bridgehead atoms. The molecule has 0 unspecified atom stereocenters. The Morgan fingerprint density at radius 1 is 0.771 bits per heavy atom. The molecular weight excluding hydrogens is 470 g/mol. The van der Waals surface area contributed by atoms with E-state index in [-0.39, 0.29) is 11.1 Å². The Bertz CT molecular complexity index is 1380. The fourth-order valence-corrected chi connectivity index (χ4v) is 3.51. The highest BCUT2D eigenvalue weighted by Crippen LogP contribution is 2.23. The number of isothiocyanates is 1. The normalized spacial score (nSPS) is 10.0. The van der Waals surface area contributed by atoms with E-state index >= 15 is 0 Å². The van der Waals surface area contributed by atoms with Crippen LogP contribution in [-0.2, 0) is 6.42 Å². The number of hydrogen-bond acceptors (Lipinski definition) is 2. The van der Waals surface area contributed by atoms with Crippen LogP contribution < -0.4 is 0 Å². The van der Waals surface area contributed by atoms with Gasteiger partial charge in [0.1, 0.15) is 17.3 Å². The third-order valence-electron chi connectivity index (χ3n) is 5.24. The van der Waals surface area contributed by atoms with E-state index in [2.05, 4.69) is 47.8 Å². The van der Waals surface area contributed by atoms with Crippen molar-refractivity contribution in [3.05, 3.63) is 99.1 Å². The van der Waals surface area contributed by atoms with Crippen LogP contribution in [0, 0.1) is 53.9 Å². The maximum atomic E-state index is 14.4. The highest BCUT2D eigenvalue weighted by atomic mass is 32.1. The first-order valence-corrected chi connectivity index (χ1v) is 11.4. The van der Waals surface area contributed by atoms with E-state index in [0.717, 1.165) is 37.0 Å². The van der Waals surface area contributed by atoms with Crippen LogP contribution in [0.1, 0.15) is 59.6 Å². The number of nitrogens with zero attached hydrogens (tertiary/aromatic N) is 1. The molecule has 6 heteroatoms. The second-order valence-corrected chi connectivity index (χ2v) is 8.10. The van der Waals surface area contributed by atoms with Gasteiger partial charge in [0.05, 0.1) is 10.7 Å². The zero-order valence-corrected chi connectivity index (χ0v) is 20.1. The zero-order valence-electron chi connectivity index (χ0n) is 19.2. The number of unbranched alkanes of at least 4 members (excludes halogenated alkanes) is 2. The van der Waals surface area contributed by atoms with Gasteiger partial charge in [0.2, 0.25) is 0 Å². The van der Waals surface area contributed by atoms with Gasteiger partial charge in [-0.15, -0.1) is 0 Å². The highest BCUT2D eigenvalue weighted by molar-refractivity contribution is 7.78. The van der Waals surface area contributed by atoms with Gasteiger partial charge < -0.3 is 0 Å². The first kappa shape index (κ1) is 25.9. The molecule has 0 radical (unpaired) electrons. The number of aryl methyl sites for hydroxylation is 2. The minimum atomic E-state index is -0.887. The summed E-state index contributed by atoms with van der Waals surface area (Å²) in [5.41, 5.74) is 1.90. The maximum absolute atomic E-state index is 14.4. The molecule has 0 heterocycles. The van der Waals surface area contributed by atoms with E-state index in [0.29, 0.717) is 23.1 Å². The molecule has 0 aromatic heterocycles. The first-order valence-electron chi connectivity index (χ1n) is 11.0. The summed E-state index contributed by atoms with van der Waals surface area (Å²) in [6.45, 7) is 3.86. The monoisotopic (exact) mass is 491 g/mol. The first-order chi connectivity index (χ1) is 16.8. The van der Waals surface area contributed by atoms with Crippen LogP contribution in [-0.4, -0.2) is 5.16 Å². The van der Waals surface area contributed by atoms with Crippen molar-refractivity contribution in [3.8, 4) is 23.7 Å². The van der Waals surface area contributed by atoms with Crippen LogP contribution in [0.25, 0.3) is 0 Å². The molecular formula is C29H21F4NS. The summed E-state index contributed by atoms with van der Waals surface area (Å²) in [6.07, 6.45) is 3.55. The molecule has 0 aliphatic carbocycles. The van der Waals surface area contributed by atoms with E-state index < -0.39 is 29.0 Å². The van der Waals surface area contributed by atoms with Gasteiger partial charge in [-0.05, 0) is 85.6 Å². The summed E-state index contributed by atoms with van der Waals surface area (Å²) in [7, 11) is 0. The quantitative estimate of drug-likeness (QED) is 0.117. The number of thiocarbonyl (C=S) groups is 1. The van der Waals surface area contributed by atoms with Crippen molar-refractivity contribution >= 4 is 23.1 Å². The average Bonchev–Trinajstić information content (AvgIpc) is 2.80. The van der Waals surface area contributed by atoms with Gasteiger partial charge in [-0.1, -0.05) is 43.4 Å². The Morgan fingerprint density at radius 3 is 2.03 bits per heavy atom. The largest absolute Gasteiger partial charge is 0.206 e. The molecule has 3 aromatic carbocycles. The molecule has 0 N–H and O–H groups in total. The summed E-state index contributed by atoms with van der Waals surface area (Å²) < 4.78 is 56.8.